The number of aromatic carboxylic acids is 1. The van der Waals surface area contributed by atoms with Gasteiger partial charge in [0.15, 0.2) is 0 Å². The van der Waals surface area contributed by atoms with E-state index in [9.17, 15) is 19.5 Å². The standard InChI is InChI=1S/C16H20N2O4.Li/c1-11(19)18-9-7-14(8-10-18)17(2)15(20)12-3-5-13(6-4-12)16(21)22;/h3-6,14H,7-10H2,1-2H3,(H,21,22);/q;+1/p-1. The number of likely N-dealkylation sites (tertiary alicyclic amines) is 1. The molecule has 0 aliphatic carbocycles. The van der Waals surface area contributed by atoms with E-state index >= 15 is 0 Å². The molecule has 0 aromatic heterocycles. The molecule has 2 amide bonds. The fourth-order valence-corrected chi connectivity index (χ4v) is 2.69. The number of amides is 2. The fourth-order valence-electron chi connectivity index (χ4n) is 2.69. The summed E-state index contributed by atoms with van der Waals surface area (Å²) in [7, 11) is 1.74. The molecule has 1 aliphatic heterocycles. The smallest absolute Gasteiger partial charge is 0.545 e. The van der Waals surface area contributed by atoms with E-state index in [0.717, 1.165) is 12.8 Å². The minimum Gasteiger partial charge on any atom is -0.545 e. The Morgan fingerprint density at radius 3 is 2.00 bits per heavy atom. The summed E-state index contributed by atoms with van der Waals surface area (Å²) in [5.41, 5.74) is 0.496. The number of carbonyl (C=O) groups excluding carboxylic acids is 3. The quantitative estimate of drug-likeness (QED) is 0.562. The van der Waals surface area contributed by atoms with Crippen LogP contribution in [0.1, 0.15) is 40.5 Å². The Kier molecular flexibility index (Phi) is 6.86. The normalized spacial score (nSPS) is 14.8. The number of benzene rings is 1. The van der Waals surface area contributed by atoms with E-state index in [-0.39, 0.29) is 42.3 Å². The topological polar surface area (TPSA) is 80.8 Å². The first-order valence-electron chi connectivity index (χ1n) is 7.24. The molecular weight excluding hydrogens is 291 g/mol. The molecule has 1 aliphatic rings. The van der Waals surface area contributed by atoms with Crippen molar-refractivity contribution < 1.29 is 38.4 Å². The van der Waals surface area contributed by atoms with Gasteiger partial charge in [0.1, 0.15) is 0 Å². The number of nitrogens with zero attached hydrogens (tertiary/aromatic N) is 2. The van der Waals surface area contributed by atoms with E-state index in [1.54, 1.807) is 23.8 Å². The molecule has 0 radical (unpaired) electrons. The molecule has 23 heavy (non-hydrogen) atoms. The molecule has 7 heteroatoms. The largest absolute Gasteiger partial charge is 1.00 e. The molecule has 0 saturated carbocycles. The van der Waals surface area contributed by atoms with E-state index in [1.165, 1.54) is 24.3 Å². The van der Waals surface area contributed by atoms with Gasteiger partial charge in [0.05, 0.1) is 5.97 Å². The molecule has 0 bridgehead atoms. The zero-order valence-corrected chi connectivity index (χ0v) is 13.7. The average Bonchev–Trinajstić information content (AvgIpc) is 2.53. The summed E-state index contributed by atoms with van der Waals surface area (Å²) >= 11 is 0. The van der Waals surface area contributed by atoms with Crippen molar-refractivity contribution in [1.82, 2.24) is 9.80 Å². The molecule has 1 fully saturated rings. The van der Waals surface area contributed by atoms with Gasteiger partial charge in [0, 0.05) is 38.7 Å². The number of hydrogen-bond donors (Lipinski definition) is 0. The predicted octanol–water partition coefficient (Wildman–Crippen LogP) is -2.86. The molecule has 0 N–H and O–H groups in total. The van der Waals surface area contributed by atoms with Gasteiger partial charge in [-0.1, -0.05) is 12.1 Å². The van der Waals surface area contributed by atoms with Crippen LogP contribution in [0.5, 0.6) is 0 Å². The number of carbonyl (C=O) groups is 3. The molecule has 0 unspecified atom stereocenters. The fraction of sp³-hybridized carbons (Fsp3) is 0.438. The van der Waals surface area contributed by atoms with Crippen molar-refractivity contribution in [3.63, 3.8) is 0 Å². The summed E-state index contributed by atoms with van der Waals surface area (Å²) in [5, 5.41) is 10.7. The predicted molar refractivity (Wildman–Crippen MR) is 78.1 cm³/mol. The maximum Gasteiger partial charge on any atom is 1.00 e. The summed E-state index contributed by atoms with van der Waals surface area (Å²) in [5.74, 6) is -1.35. The van der Waals surface area contributed by atoms with Crippen molar-refractivity contribution in [1.29, 1.82) is 0 Å². The van der Waals surface area contributed by atoms with Gasteiger partial charge in [-0.15, -0.1) is 0 Å². The molecule has 6 nitrogen and oxygen atoms in total. The average molecular weight is 310 g/mol. The van der Waals surface area contributed by atoms with Gasteiger partial charge in [-0.3, -0.25) is 9.59 Å². The van der Waals surface area contributed by atoms with E-state index in [0.29, 0.717) is 18.7 Å². The van der Waals surface area contributed by atoms with Gasteiger partial charge in [-0.05, 0) is 30.5 Å². The minimum atomic E-state index is -1.26. The zero-order valence-electron chi connectivity index (χ0n) is 13.7. The van der Waals surface area contributed by atoms with Gasteiger partial charge >= 0.3 is 18.9 Å². The Morgan fingerprint density at radius 2 is 1.57 bits per heavy atom. The van der Waals surface area contributed by atoms with Crippen LogP contribution in [-0.2, 0) is 4.79 Å². The Bertz CT molecular complexity index is 580. The number of carboxylic acid groups (broad SMARTS) is 1. The van der Waals surface area contributed by atoms with Crippen molar-refractivity contribution in [2.24, 2.45) is 0 Å². The van der Waals surface area contributed by atoms with Crippen LogP contribution in [0.4, 0.5) is 0 Å². The van der Waals surface area contributed by atoms with Crippen LogP contribution in [0.25, 0.3) is 0 Å². The van der Waals surface area contributed by atoms with Gasteiger partial charge in [-0.25, -0.2) is 0 Å². The monoisotopic (exact) mass is 310 g/mol. The molecule has 1 aromatic carbocycles. The van der Waals surface area contributed by atoms with Crippen LogP contribution < -0.4 is 24.0 Å². The Labute approximate surface area is 147 Å². The summed E-state index contributed by atoms with van der Waals surface area (Å²) in [6, 6.07) is 5.82. The third-order valence-corrected chi connectivity index (χ3v) is 4.15. The van der Waals surface area contributed by atoms with Crippen molar-refractivity contribution in [2.45, 2.75) is 25.8 Å². The first-order valence-corrected chi connectivity index (χ1v) is 7.24. The van der Waals surface area contributed by atoms with Crippen LogP contribution in [0.3, 0.4) is 0 Å². The molecule has 1 aromatic rings. The van der Waals surface area contributed by atoms with Gasteiger partial charge in [0.25, 0.3) is 5.91 Å². The van der Waals surface area contributed by atoms with E-state index in [4.69, 9.17) is 0 Å². The molecule has 0 atom stereocenters. The molecule has 1 saturated heterocycles. The molecule has 1 heterocycles. The van der Waals surface area contributed by atoms with Gasteiger partial charge in [-0.2, -0.15) is 0 Å². The number of rotatable bonds is 3. The second-order valence-corrected chi connectivity index (χ2v) is 5.52. The zero-order chi connectivity index (χ0) is 16.3. The summed E-state index contributed by atoms with van der Waals surface area (Å²) in [6.07, 6.45) is 1.50. The van der Waals surface area contributed by atoms with Gasteiger partial charge < -0.3 is 19.7 Å². The van der Waals surface area contributed by atoms with Gasteiger partial charge in [0.2, 0.25) is 5.91 Å². The van der Waals surface area contributed by atoms with E-state index < -0.39 is 5.97 Å². The van der Waals surface area contributed by atoms with Crippen LogP contribution in [0, 0.1) is 0 Å². The third kappa shape index (κ3) is 4.60. The SMILES string of the molecule is CC(=O)N1CCC(N(C)C(=O)c2ccc(C(=O)[O-])cc2)CC1.[Li+]. The van der Waals surface area contributed by atoms with Crippen molar-refractivity contribution in [2.75, 3.05) is 20.1 Å². The number of carboxylic acids is 1. The molecule has 0 spiro atoms. The Hall–Kier alpha value is -1.77. The molecule has 118 valence electrons. The van der Waals surface area contributed by atoms with Crippen LogP contribution >= 0.6 is 0 Å². The second kappa shape index (κ2) is 8.18. The summed E-state index contributed by atoms with van der Waals surface area (Å²) in [4.78, 5) is 37.9. The molecular formula is C16H19LiN2O4. The second-order valence-electron chi connectivity index (χ2n) is 5.52. The number of hydrogen-bond acceptors (Lipinski definition) is 4. The summed E-state index contributed by atoms with van der Waals surface area (Å²) < 4.78 is 0. The maximum atomic E-state index is 12.4. The maximum absolute atomic E-state index is 12.4. The minimum absolute atomic E-state index is 0. The van der Waals surface area contributed by atoms with Crippen LogP contribution in [-0.4, -0.2) is 53.8 Å². The third-order valence-electron chi connectivity index (χ3n) is 4.15. The van der Waals surface area contributed by atoms with E-state index in [2.05, 4.69) is 0 Å². The van der Waals surface area contributed by atoms with E-state index in [1.807, 2.05) is 0 Å². The first kappa shape index (κ1) is 19.3. The van der Waals surface area contributed by atoms with Crippen molar-refractivity contribution in [3.8, 4) is 0 Å². The summed E-state index contributed by atoms with van der Waals surface area (Å²) in [6.45, 7) is 2.86. The van der Waals surface area contributed by atoms with Crippen LogP contribution in [0.15, 0.2) is 24.3 Å². The Morgan fingerprint density at radius 1 is 1.09 bits per heavy atom. The first-order chi connectivity index (χ1) is 10.4. The Balaban J connectivity index is 0.00000264. The number of piperidine rings is 1. The van der Waals surface area contributed by atoms with Crippen molar-refractivity contribution in [3.05, 3.63) is 35.4 Å². The van der Waals surface area contributed by atoms with Crippen LogP contribution in [0.2, 0.25) is 0 Å². The van der Waals surface area contributed by atoms with Crippen molar-refractivity contribution >= 4 is 17.8 Å². The molecule has 2 rings (SSSR count).